The van der Waals surface area contributed by atoms with Gasteiger partial charge in [0.15, 0.2) is 0 Å². The largest absolute Gasteiger partial charge is 0.0623 e. The van der Waals surface area contributed by atoms with E-state index in [1.54, 1.807) is 0 Å². The van der Waals surface area contributed by atoms with Gasteiger partial charge in [-0.25, -0.2) is 0 Å². The highest BCUT2D eigenvalue weighted by molar-refractivity contribution is 5.40. The molecule has 2 bridgehead atoms. The molecule has 0 N–H and O–H groups in total. The molecule has 0 amide bonds. The van der Waals surface area contributed by atoms with Crippen molar-refractivity contribution in [2.45, 2.75) is 6.42 Å². The Morgan fingerprint density at radius 3 is 1.00 bits per heavy atom. The first kappa shape index (κ1) is 16.5. The monoisotopic (exact) mass is 298 g/mol. The minimum absolute atomic E-state index is 0.943. The van der Waals surface area contributed by atoms with Gasteiger partial charge in [0.1, 0.15) is 0 Å². The van der Waals surface area contributed by atoms with Crippen molar-refractivity contribution in [1.29, 1.82) is 0 Å². The fourth-order valence-electron chi connectivity index (χ4n) is 2.07. The van der Waals surface area contributed by atoms with E-state index in [-0.39, 0.29) is 0 Å². The van der Waals surface area contributed by atoms with Crippen LogP contribution in [0.3, 0.4) is 0 Å². The topological polar surface area (TPSA) is 0 Å². The van der Waals surface area contributed by atoms with Crippen LogP contribution in [0.25, 0.3) is 0 Å². The lowest BCUT2D eigenvalue weighted by Gasteiger charge is -2.00. The minimum Gasteiger partial charge on any atom is -0.0623 e. The molecule has 0 atom stereocenters. The van der Waals surface area contributed by atoms with Crippen LogP contribution in [-0.4, -0.2) is 0 Å². The molecule has 2 aliphatic carbocycles. The van der Waals surface area contributed by atoms with E-state index >= 15 is 0 Å². The molecule has 114 valence electrons. The molecule has 0 unspecified atom stereocenters. The van der Waals surface area contributed by atoms with Crippen molar-refractivity contribution < 1.29 is 0 Å². The predicted octanol–water partition coefficient (Wildman–Crippen LogP) is 6.26. The molecule has 0 fully saturated rings. The van der Waals surface area contributed by atoms with Crippen LogP contribution in [0.4, 0.5) is 0 Å². The Morgan fingerprint density at radius 1 is 0.348 bits per heavy atom. The molecule has 0 saturated heterocycles. The SMILES string of the molecule is C1=CC=CC=CC=CC=C2C=CC=CC(=CC=CC=CC=C1)C2. The van der Waals surface area contributed by atoms with Gasteiger partial charge in [0.2, 0.25) is 0 Å². The highest BCUT2D eigenvalue weighted by Crippen LogP contribution is 2.17. The maximum absolute atomic E-state index is 2.16. The zero-order chi connectivity index (χ0) is 16.0. The summed E-state index contributed by atoms with van der Waals surface area (Å²) < 4.78 is 0. The lowest BCUT2D eigenvalue weighted by Crippen LogP contribution is -1.80. The summed E-state index contributed by atoms with van der Waals surface area (Å²) in [6.07, 6.45) is 42.2. The maximum Gasteiger partial charge on any atom is -0.00258 e. The number of hydrogen-bond donors (Lipinski definition) is 0. The van der Waals surface area contributed by atoms with Crippen molar-refractivity contribution in [3.8, 4) is 0 Å². The van der Waals surface area contributed by atoms with E-state index in [0.717, 1.165) is 6.42 Å². The van der Waals surface area contributed by atoms with Gasteiger partial charge in [0, 0.05) is 0 Å². The molecule has 0 saturated carbocycles. The lowest BCUT2D eigenvalue weighted by atomic mass is 10.1. The second kappa shape index (κ2) is 10.8. The van der Waals surface area contributed by atoms with E-state index in [0.29, 0.717) is 0 Å². The Balaban J connectivity index is 2.20. The third-order valence-corrected chi connectivity index (χ3v) is 3.21. The summed E-state index contributed by atoms with van der Waals surface area (Å²) in [5.74, 6) is 0. The maximum atomic E-state index is 2.16. The normalized spacial score (nSPS) is 18.1. The van der Waals surface area contributed by atoms with E-state index in [2.05, 4.69) is 60.8 Å². The van der Waals surface area contributed by atoms with Crippen LogP contribution in [-0.2, 0) is 0 Å². The van der Waals surface area contributed by atoms with Crippen molar-refractivity contribution in [2.24, 2.45) is 0 Å². The number of hydrogen-bond acceptors (Lipinski definition) is 0. The Labute approximate surface area is 139 Å². The van der Waals surface area contributed by atoms with E-state index < -0.39 is 0 Å². The molecule has 0 aromatic carbocycles. The zero-order valence-electron chi connectivity index (χ0n) is 13.3. The second-order valence-corrected chi connectivity index (χ2v) is 5.07. The molecule has 23 heavy (non-hydrogen) atoms. The summed E-state index contributed by atoms with van der Waals surface area (Å²) in [4.78, 5) is 0. The van der Waals surface area contributed by atoms with Crippen molar-refractivity contribution in [3.63, 3.8) is 0 Å². The lowest BCUT2D eigenvalue weighted by molar-refractivity contribution is 1.22. The highest BCUT2D eigenvalue weighted by atomic mass is 14.0. The quantitative estimate of drug-likeness (QED) is 0.495. The molecule has 2 aliphatic rings. The average molecular weight is 298 g/mol. The smallest absolute Gasteiger partial charge is 0.00258 e. The summed E-state index contributed by atoms with van der Waals surface area (Å²) in [6, 6.07) is 0. The van der Waals surface area contributed by atoms with Crippen LogP contribution in [0.15, 0.2) is 133 Å². The number of allylic oxidation sites excluding steroid dienone is 22. The van der Waals surface area contributed by atoms with E-state index in [1.165, 1.54) is 11.1 Å². The molecule has 0 heterocycles. The number of fused-ring (bicyclic) bond motifs is 2. The molecule has 0 aromatic heterocycles. The van der Waals surface area contributed by atoms with Crippen molar-refractivity contribution in [1.82, 2.24) is 0 Å². The van der Waals surface area contributed by atoms with E-state index in [9.17, 15) is 0 Å². The Bertz CT molecular complexity index is 630. The van der Waals surface area contributed by atoms with Gasteiger partial charge >= 0.3 is 0 Å². The molecular formula is C23H22. The second-order valence-electron chi connectivity index (χ2n) is 5.07. The van der Waals surface area contributed by atoms with Gasteiger partial charge in [0.05, 0.1) is 0 Å². The zero-order valence-corrected chi connectivity index (χ0v) is 13.3. The van der Waals surface area contributed by atoms with Crippen molar-refractivity contribution in [3.05, 3.63) is 133 Å². The third kappa shape index (κ3) is 7.63. The van der Waals surface area contributed by atoms with Gasteiger partial charge in [-0.3, -0.25) is 0 Å². The summed E-state index contributed by atoms with van der Waals surface area (Å²) in [6.45, 7) is 0. The average Bonchev–Trinajstić information content (AvgIpc) is 2.79. The van der Waals surface area contributed by atoms with E-state index in [4.69, 9.17) is 0 Å². The van der Waals surface area contributed by atoms with Crippen LogP contribution in [0, 0.1) is 0 Å². The molecule has 0 radical (unpaired) electrons. The summed E-state index contributed by atoms with van der Waals surface area (Å²) in [5.41, 5.74) is 2.60. The van der Waals surface area contributed by atoms with Gasteiger partial charge in [-0.15, -0.1) is 0 Å². The molecule has 2 rings (SSSR count). The highest BCUT2D eigenvalue weighted by Gasteiger charge is 1.98. The Hall–Kier alpha value is -2.86. The molecule has 0 nitrogen and oxygen atoms in total. The standard InChI is InChI=1S/C23H22/c1-2-4-6-8-10-12-14-18-23-20-16-15-19-22(21-23)17-13-11-9-7-5-3-1/h1-20H,21H2. The minimum atomic E-state index is 0.943. The van der Waals surface area contributed by atoms with E-state index in [1.807, 2.05) is 60.8 Å². The van der Waals surface area contributed by atoms with Crippen LogP contribution in [0.5, 0.6) is 0 Å². The first-order chi connectivity index (χ1) is 11.4. The van der Waals surface area contributed by atoms with Crippen molar-refractivity contribution >= 4 is 0 Å². The van der Waals surface area contributed by atoms with Gasteiger partial charge in [-0.1, -0.05) is 122 Å². The summed E-state index contributed by atoms with van der Waals surface area (Å²) in [7, 11) is 0. The molecule has 0 heteroatoms. The molecule has 0 spiro atoms. The first-order valence-electron chi connectivity index (χ1n) is 7.86. The van der Waals surface area contributed by atoms with Gasteiger partial charge in [0.25, 0.3) is 0 Å². The van der Waals surface area contributed by atoms with Gasteiger partial charge < -0.3 is 0 Å². The van der Waals surface area contributed by atoms with Gasteiger partial charge in [-0.05, 0) is 17.6 Å². The fourth-order valence-corrected chi connectivity index (χ4v) is 2.07. The van der Waals surface area contributed by atoms with Crippen LogP contribution >= 0.6 is 0 Å². The Kier molecular flexibility index (Phi) is 7.76. The third-order valence-electron chi connectivity index (χ3n) is 3.21. The summed E-state index contributed by atoms with van der Waals surface area (Å²) >= 11 is 0. The predicted molar refractivity (Wildman–Crippen MR) is 103 cm³/mol. The molecular weight excluding hydrogens is 276 g/mol. The van der Waals surface area contributed by atoms with Crippen LogP contribution in [0.2, 0.25) is 0 Å². The van der Waals surface area contributed by atoms with Crippen molar-refractivity contribution in [2.75, 3.05) is 0 Å². The number of rotatable bonds is 0. The fraction of sp³-hybridized carbons (Fsp3) is 0.0435. The first-order valence-corrected chi connectivity index (χ1v) is 7.86. The van der Waals surface area contributed by atoms with Crippen LogP contribution in [0.1, 0.15) is 6.42 Å². The molecule has 0 aliphatic heterocycles. The van der Waals surface area contributed by atoms with Crippen LogP contribution < -0.4 is 0 Å². The Morgan fingerprint density at radius 2 is 0.652 bits per heavy atom. The summed E-state index contributed by atoms with van der Waals surface area (Å²) in [5, 5.41) is 0. The molecule has 0 aromatic rings. The van der Waals surface area contributed by atoms with Gasteiger partial charge in [-0.2, -0.15) is 0 Å².